The number of benzene rings is 2. The summed E-state index contributed by atoms with van der Waals surface area (Å²) in [6, 6.07) is 17.7. The summed E-state index contributed by atoms with van der Waals surface area (Å²) in [5.74, 6) is 1.81. The average molecular weight is 445 g/mol. The number of aromatic nitrogens is 1. The molecule has 0 radical (unpaired) electrons. The maximum Gasteiger partial charge on any atom is 0.336 e. The molecule has 1 unspecified atom stereocenters. The number of hydrogen-bond donors (Lipinski definition) is 0. The van der Waals surface area contributed by atoms with Gasteiger partial charge in [-0.25, -0.2) is 4.79 Å². The van der Waals surface area contributed by atoms with Gasteiger partial charge in [0.15, 0.2) is 24.2 Å². The number of Topliss-reactive ketones (excluding diaryl/α,β-unsaturated/α-hetero) is 1. The van der Waals surface area contributed by atoms with Gasteiger partial charge in [0, 0.05) is 34.5 Å². The van der Waals surface area contributed by atoms with Crippen molar-refractivity contribution in [3.05, 3.63) is 88.0 Å². The fourth-order valence-corrected chi connectivity index (χ4v) is 4.08. The molecule has 0 bridgehead atoms. The molecule has 1 aliphatic heterocycles. The summed E-state index contributed by atoms with van der Waals surface area (Å²) in [5.41, 5.74) is 2.41. The third kappa shape index (κ3) is 4.22. The molecular formula is C26H23NO6. The molecule has 1 atom stereocenters. The molecular weight excluding hydrogens is 422 g/mol. The second kappa shape index (κ2) is 8.50. The summed E-state index contributed by atoms with van der Waals surface area (Å²) in [5, 5.41) is 0.786. The molecule has 168 valence electrons. The molecule has 3 heterocycles. The minimum absolute atomic E-state index is 0.122. The van der Waals surface area contributed by atoms with Crippen LogP contribution in [0, 0.1) is 13.8 Å². The summed E-state index contributed by atoms with van der Waals surface area (Å²) < 4.78 is 24.8. The van der Waals surface area contributed by atoms with Gasteiger partial charge in [-0.05, 0) is 50.2 Å². The van der Waals surface area contributed by atoms with Crippen molar-refractivity contribution in [2.45, 2.75) is 26.5 Å². The molecule has 2 aromatic heterocycles. The predicted molar refractivity (Wildman–Crippen MR) is 123 cm³/mol. The number of rotatable bonds is 6. The van der Waals surface area contributed by atoms with Crippen molar-refractivity contribution >= 4 is 16.8 Å². The van der Waals surface area contributed by atoms with Gasteiger partial charge in [0.25, 0.3) is 0 Å². The normalized spacial score (nSPS) is 14.9. The van der Waals surface area contributed by atoms with Gasteiger partial charge in [0.05, 0.1) is 6.54 Å². The van der Waals surface area contributed by atoms with Crippen LogP contribution in [0.5, 0.6) is 17.2 Å². The van der Waals surface area contributed by atoms with Crippen molar-refractivity contribution < 1.29 is 23.4 Å². The van der Waals surface area contributed by atoms with Crippen molar-refractivity contribution in [3.63, 3.8) is 0 Å². The monoisotopic (exact) mass is 445 g/mol. The van der Waals surface area contributed by atoms with E-state index >= 15 is 0 Å². The van der Waals surface area contributed by atoms with Gasteiger partial charge < -0.3 is 23.2 Å². The Kier molecular flexibility index (Phi) is 5.38. The van der Waals surface area contributed by atoms with Crippen LogP contribution in [0.2, 0.25) is 0 Å². The number of fused-ring (bicyclic) bond motifs is 2. The zero-order valence-corrected chi connectivity index (χ0v) is 18.4. The van der Waals surface area contributed by atoms with E-state index in [1.807, 2.05) is 44.2 Å². The molecule has 2 aromatic carbocycles. The minimum atomic E-state index is -0.431. The van der Waals surface area contributed by atoms with E-state index in [0.717, 1.165) is 28.3 Å². The Balaban J connectivity index is 1.28. The summed E-state index contributed by atoms with van der Waals surface area (Å²) in [6.45, 7) is 4.78. The number of hydrogen-bond acceptors (Lipinski definition) is 6. The highest BCUT2D eigenvalue weighted by atomic mass is 16.6. The molecule has 0 fully saturated rings. The van der Waals surface area contributed by atoms with E-state index in [2.05, 4.69) is 4.57 Å². The fourth-order valence-electron chi connectivity index (χ4n) is 4.08. The van der Waals surface area contributed by atoms with E-state index in [4.69, 9.17) is 18.6 Å². The van der Waals surface area contributed by atoms with Gasteiger partial charge in [-0.1, -0.05) is 12.1 Å². The second-order valence-corrected chi connectivity index (χ2v) is 8.06. The number of ether oxygens (including phenoxy) is 3. The lowest BCUT2D eigenvalue weighted by Crippen LogP contribution is -2.33. The maximum atomic E-state index is 12.9. The Morgan fingerprint density at radius 2 is 1.85 bits per heavy atom. The van der Waals surface area contributed by atoms with Crippen molar-refractivity contribution in [3.8, 4) is 17.2 Å². The van der Waals surface area contributed by atoms with Gasteiger partial charge in [0.1, 0.15) is 17.9 Å². The lowest BCUT2D eigenvalue weighted by molar-refractivity contribution is 0.0777. The van der Waals surface area contributed by atoms with Crippen molar-refractivity contribution in [1.29, 1.82) is 0 Å². The van der Waals surface area contributed by atoms with E-state index in [9.17, 15) is 9.59 Å². The number of para-hydroxylation sites is 2. The fraction of sp³-hybridized carbons (Fsp3) is 0.231. The third-order valence-corrected chi connectivity index (χ3v) is 5.79. The molecule has 1 aliphatic rings. The number of carbonyl (C=O) groups excluding carboxylic acids is 1. The summed E-state index contributed by atoms with van der Waals surface area (Å²) in [6.07, 6.45) is -0.156. The molecule has 0 saturated heterocycles. The molecule has 0 N–H and O–H groups in total. The van der Waals surface area contributed by atoms with Gasteiger partial charge >= 0.3 is 5.63 Å². The largest absolute Gasteiger partial charge is 0.486 e. The Morgan fingerprint density at radius 3 is 2.70 bits per heavy atom. The quantitative estimate of drug-likeness (QED) is 0.325. The lowest BCUT2D eigenvalue weighted by Gasteiger charge is -2.27. The van der Waals surface area contributed by atoms with Crippen LogP contribution in [0.4, 0.5) is 0 Å². The van der Waals surface area contributed by atoms with Gasteiger partial charge in [-0.3, -0.25) is 4.79 Å². The zero-order chi connectivity index (χ0) is 22.9. The molecule has 0 aliphatic carbocycles. The van der Waals surface area contributed by atoms with E-state index in [1.165, 1.54) is 6.07 Å². The first-order valence-electron chi connectivity index (χ1n) is 10.7. The maximum absolute atomic E-state index is 12.9. The highest BCUT2D eigenvalue weighted by Crippen LogP contribution is 2.31. The van der Waals surface area contributed by atoms with Gasteiger partial charge in [0.2, 0.25) is 5.78 Å². The summed E-state index contributed by atoms with van der Waals surface area (Å²) in [4.78, 5) is 24.4. The molecule has 33 heavy (non-hydrogen) atoms. The standard InChI is InChI=1S/C26H23NO6/c1-16-11-21(17(2)27(16)13-20-14-31-23-5-3-4-6-24(23)32-20)22(28)15-30-19-9-7-18-8-10-26(29)33-25(18)12-19/h3-12,20H,13-15H2,1-2H3. The summed E-state index contributed by atoms with van der Waals surface area (Å²) in [7, 11) is 0. The molecule has 0 saturated carbocycles. The Hall–Kier alpha value is -4.00. The first-order valence-corrected chi connectivity index (χ1v) is 10.7. The molecule has 7 nitrogen and oxygen atoms in total. The number of carbonyl (C=O) groups is 1. The van der Waals surface area contributed by atoms with Crippen LogP contribution < -0.4 is 19.8 Å². The van der Waals surface area contributed by atoms with Crippen molar-refractivity contribution in [1.82, 2.24) is 4.57 Å². The molecule has 0 spiro atoms. The van der Waals surface area contributed by atoms with Crippen LogP contribution in [0.15, 0.2) is 69.9 Å². The van der Waals surface area contributed by atoms with E-state index in [0.29, 0.717) is 30.0 Å². The van der Waals surface area contributed by atoms with Crippen LogP contribution in [-0.4, -0.2) is 29.7 Å². The van der Waals surface area contributed by atoms with Crippen LogP contribution in [0.25, 0.3) is 11.0 Å². The first-order chi connectivity index (χ1) is 16.0. The van der Waals surface area contributed by atoms with Crippen molar-refractivity contribution in [2.75, 3.05) is 13.2 Å². The molecule has 0 amide bonds. The molecule has 7 heteroatoms. The molecule has 5 rings (SSSR count). The van der Waals surface area contributed by atoms with E-state index in [-0.39, 0.29) is 18.5 Å². The number of ketones is 1. The topological polar surface area (TPSA) is 79.9 Å². The smallest absolute Gasteiger partial charge is 0.336 e. The number of aryl methyl sites for hydroxylation is 1. The van der Waals surface area contributed by atoms with Gasteiger partial charge in [-0.2, -0.15) is 0 Å². The average Bonchev–Trinajstić information content (AvgIpc) is 3.10. The minimum Gasteiger partial charge on any atom is -0.486 e. The van der Waals surface area contributed by atoms with Crippen molar-refractivity contribution in [2.24, 2.45) is 0 Å². The van der Waals surface area contributed by atoms with E-state index in [1.54, 1.807) is 24.3 Å². The third-order valence-electron chi connectivity index (χ3n) is 5.79. The Morgan fingerprint density at radius 1 is 1.06 bits per heavy atom. The van der Waals surface area contributed by atoms with Crippen LogP contribution >= 0.6 is 0 Å². The Bertz CT molecular complexity index is 1400. The van der Waals surface area contributed by atoms with Gasteiger partial charge in [-0.15, -0.1) is 0 Å². The number of nitrogens with zero attached hydrogens (tertiary/aromatic N) is 1. The highest BCUT2D eigenvalue weighted by Gasteiger charge is 2.24. The first kappa shape index (κ1) is 20.9. The highest BCUT2D eigenvalue weighted by molar-refractivity contribution is 5.98. The summed E-state index contributed by atoms with van der Waals surface area (Å²) >= 11 is 0. The van der Waals surface area contributed by atoms with E-state index < -0.39 is 5.63 Å². The Labute approximate surface area is 190 Å². The SMILES string of the molecule is Cc1cc(C(=O)COc2ccc3ccc(=O)oc3c2)c(C)n1CC1COc2ccccc2O1. The molecule has 4 aromatic rings. The predicted octanol–water partition coefficient (Wildman–Crippen LogP) is 4.31. The van der Waals surface area contributed by atoms with Crippen LogP contribution in [0.1, 0.15) is 21.7 Å². The van der Waals surface area contributed by atoms with Crippen LogP contribution in [0.3, 0.4) is 0 Å². The second-order valence-electron chi connectivity index (χ2n) is 8.06. The van der Waals surface area contributed by atoms with Crippen LogP contribution in [-0.2, 0) is 6.54 Å². The zero-order valence-electron chi connectivity index (χ0n) is 18.4. The lowest BCUT2D eigenvalue weighted by atomic mass is 10.1.